The van der Waals surface area contributed by atoms with Gasteiger partial charge < -0.3 is 20.0 Å². The third-order valence-electron chi connectivity index (χ3n) is 3.23. The van der Waals surface area contributed by atoms with Gasteiger partial charge in [-0.1, -0.05) is 11.2 Å². The Labute approximate surface area is 127 Å². The van der Waals surface area contributed by atoms with E-state index in [0.29, 0.717) is 25.0 Å². The molecule has 2 aromatic rings. The number of ether oxygens (including phenoxy) is 2. The Morgan fingerprint density at radius 1 is 1.18 bits per heavy atom. The van der Waals surface area contributed by atoms with Crippen LogP contribution in [-0.2, 0) is 4.84 Å². The van der Waals surface area contributed by atoms with Gasteiger partial charge in [0.2, 0.25) is 11.8 Å². The van der Waals surface area contributed by atoms with E-state index in [1.165, 1.54) is 7.11 Å². The quantitative estimate of drug-likeness (QED) is 0.798. The van der Waals surface area contributed by atoms with Gasteiger partial charge in [0, 0.05) is 18.0 Å². The number of nitrogens with zero attached hydrogens (tertiary/aromatic N) is 3. The minimum absolute atomic E-state index is 0.0173. The highest BCUT2D eigenvalue weighted by Gasteiger charge is 2.20. The van der Waals surface area contributed by atoms with Gasteiger partial charge >= 0.3 is 0 Å². The smallest absolute Gasteiger partial charge is 0.223 e. The molecule has 2 N–H and O–H groups in total. The molecule has 114 valence electrons. The van der Waals surface area contributed by atoms with Crippen LogP contribution in [0.5, 0.6) is 11.8 Å². The summed E-state index contributed by atoms with van der Waals surface area (Å²) in [6.45, 7) is 1.01. The highest BCUT2D eigenvalue weighted by Crippen LogP contribution is 2.27. The zero-order valence-electron chi connectivity index (χ0n) is 12.1. The molecule has 4 heterocycles. The summed E-state index contributed by atoms with van der Waals surface area (Å²) in [5.41, 5.74) is 8.41. The van der Waals surface area contributed by atoms with Crippen molar-refractivity contribution in [2.75, 3.05) is 20.3 Å². The Morgan fingerprint density at radius 3 is 2.73 bits per heavy atom. The van der Waals surface area contributed by atoms with Gasteiger partial charge in [0.05, 0.1) is 11.6 Å². The van der Waals surface area contributed by atoms with Gasteiger partial charge in [-0.3, -0.25) is 0 Å². The molecule has 2 aliphatic heterocycles. The summed E-state index contributed by atoms with van der Waals surface area (Å²) in [5, 5.41) is 3.82. The number of nitrogens with two attached hydrogens (primary N) is 1. The molecule has 7 heteroatoms. The summed E-state index contributed by atoms with van der Waals surface area (Å²) in [6, 6.07) is 7.59. The molecular formula is C15H16N4O3. The van der Waals surface area contributed by atoms with Crippen molar-refractivity contribution in [2.24, 2.45) is 10.9 Å². The van der Waals surface area contributed by atoms with E-state index in [-0.39, 0.29) is 6.04 Å². The molecular weight excluding hydrogens is 284 g/mol. The lowest BCUT2D eigenvalue weighted by Crippen LogP contribution is -2.10. The van der Waals surface area contributed by atoms with Crippen molar-refractivity contribution in [1.29, 1.82) is 0 Å². The summed E-state index contributed by atoms with van der Waals surface area (Å²) < 4.78 is 10.4. The van der Waals surface area contributed by atoms with E-state index >= 15 is 0 Å². The standard InChI is InChI=1S/C8H8N2O2.C7H8N2O/c1-11-10-7-5-12-8-6(7)3-2-4-9-8;8-6-4-10-7-5(6)2-1-3-9-7/h2-4H,5H2,1H3;1-3,6H,4,8H2. The predicted molar refractivity (Wildman–Crippen MR) is 79.9 cm³/mol. The first kappa shape index (κ1) is 14.3. The number of hydrogen-bond acceptors (Lipinski definition) is 7. The Hall–Kier alpha value is -2.67. The van der Waals surface area contributed by atoms with Crippen LogP contribution in [0.3, 0.4) is 0 Å². The maximum absolute atomic E-state index is 5.68. The van der Waals surface area contributed by atoms with Gasteiger partial charge in [0.25, 0.3) is 0 Å². The molecule has 0 radical (unpaired) electrons. The average Bonchev–Trinajstić information content (AvgIpc) is 3.14. The van der Waals surface area contributed by atoms with E-state index in [9.17, 15) is 0 Å². The van der Waals surface area contributed by atoms with Gasteiger partial charge in [-0.2, -0.15) is 0 Å². The van der Waals surface area contributed by atoms with Gasteiger partial charge in [-0.15, -0.1) is 0 Å². The van der Waals surface area contributed by atoms with Gasteiger partial charge in [0.15, 0.2) is 0 Å². The molecule has 2 aliphatic rings. The van der Waals surface area contributed by atoms with E-state index in [1.807, 2.05) is 24.3 Å². The Bertz CT molecular complexity index is 690. The number of rotatable bonds is 1. The molecule has 2 aromatic heterocycles. The van der Waals surface area contributed by atoms with Crippen molar-refractivity contribution < 1.29 is 14.3 Å². The summed E-state index contributed by atoms with van der Waals surface area (Å²) in [5.74, 6) is 1.32. The molecule has 7 nitrogen and oxygen atoms in total. The average molecular weight is 300 g/mol. The zero-order valence-corrected chi connectivity index (χ0v) is 12.1. The molecule has 1 atom stereocenters. The van der Waals surface area contributed by atoms with Crippen molar-refractivity contribution in [3.63, 3.8) is 0 Å². The van der Waals surface area contributed by atoms with Crippen LogP contribution in [0.2, 0.25) is 0 Å². The molecule has 0 amide bonds. The molecule has 0 spiro atoms. The fourth-order valence-electron chi connectivity index (χ4n) is 2.19. The molecule has 0 aliphatic carbocycles. The summed E-state index contributed by atoms with van der Waals surface area (Å²) >= 11 is 0. The maximum Gasteiger partial charge on any atom is 0.223 e. The molecule has 0 aromatic carbocycles. The lowest BCUT2D eigenvalue weighted by molar-refractivity contribution is 0.211. The number of hydrogen-bond donors (Lipinski definition) is 1. The molecule has 0 fully saturated rings. The fraction of sp³-hybridized carbons (Fsp3) is 0.267. The molecule has 0 saturated heterocycles. The predicted octanol–water partition coefficient (Wildman–Crippen LogP) is 1.30. The molecule has 4 rings (SSSR count). The number of fused-ring (bicyclic) bond motifs is 2. The Morgan fingerprint density at radius 2 is 1.95 bits per heavy atom. The first-order chi connectivity index (χ1) is 10.8. The molecule has 0 saturated carbocycles. The lowest BCUT2D eigenvalue weighted by atomic mass is 10.2. The SMILES string of the molecule is CON=C1COc2ncccc21.NC1COc2ncccc21. The molecule has 1 unspecified atom stereocenters. The van der Waals surface area contributed by atoms with Crippen LogP contribution in [0, 0.1) is 0 Å². The van der Waals surface area contributed by atoms with Gasteiger partial charge in [-0.05, 0) is 18.2 Å². The van der Waals surface area contributed by atoms with Crippen LogP contribution >= 0.6 is 0 Å². The van der Waals surface area contributed by atoms with E-state index < -0.39 is 0 Å². The second-order valence-electron chi connectivity index (χ2n) is 4.68. The van der Waals surface area contributed by atoms with Crippen molar-refractivity contribution in [2.45, 2.75) is 6.04 Å². The van der Waals surface area contributed by atoms with Crippen LogP contribution in [0.25, 0.3) is 0 Å². The number of aromatic nitrogens is 2. The van der Waals surface area contributed by atoms with Crippen LogP contribution in [0.15, 0.2) is 41.8 Å². The normalized spacial score (nSPS) is 19.4. The van der Waals surface area contributed by atoms with Crippen LogP contribution in [0.1, 0.15) is 17.2 Å². The van der Waals surface area contributed by atoms with Crippen LogP contribution in [-0.4, -0.2) is 36.0 Å². The van der Waals surface area contributed by atoms with Crippen molar-refractivity contribution in [3.05, 3.63) is 47.8 Å². The first-order valence-electron chi connectivity index (χ1n) is 6.81. The van der Waals surface area contributed by atoms with Gasteiger partial charge in [-0.25, -0.2) is 9.97 Å². The van der Waals surface area contributed by atoms with Gasteiger partial charge in [0.1, 0.15) is 26.0 Å². The monoisotopic (exact) mass is 300 g/mol. The molecule has 0 bridgehead atoms. The number of pyridine rings is 2. The van der Waals surface area contributed by atoms with Crippen LogP contribution in [0.4, 0.5) is 0 Å². The number of oxime groups is 1. The highest BCUT2D eigenvalue weighted by atomic mass is 16.6. The van der Waals surface area contributed by atoms with E-state index in [2.05, 4.69) is 20.0 Å². The maximum atomic E-state index is 5.68. The van der Waals surface area contributed by atoms with E-state index in [1.54, 1.807) is 12.4 Å². The third kappa shape index (κ3) is 2.84. The summed E-state index contributed by atoms with van der Waals surface area (Å²) in [6.07, 6.45) is 3.39. The second kappa shape index (κ2) is 6.40. The Balaban J connectivity index is 0.000000133. The second-order valence-corrected chi connectivity index (χ2v) is 4.68. The zero-order chi connectivity index (χ0) is 15.4. The summed E-state index contributed by atoms with van der Waals surface area (Å²) in [7, 11) is 1.52. The minimum Gasteiger partial charge on any atom is -0.475 e. The summed E-state index contributed by atoms with van der Waals surface area (Å²) in [4.78, 5) is 12.7. The van der Waals surface area contributed by atoms with E-state index in [0.717, 1.165) is 16.8 Å². The lowest BCUT2D eigenvalue weighted by Gasteiger charge is -1.96. The fourth-order valence-corrected chi connectivity index (χ4v) is 2.19. The van der Waals surface area contributed by atoms with Crippen molar-refractivity contribution in [1.82, 2.24) is 9.97 Å². The van der Waals surface area contributed by atoms with Crippen molar-refractivity contribution >= 4 is 5.71 Å². The van der Waals surface area contributed by atoms with E-state index in [4.69, 9.17) is 15.2 Å². The first-order valence-corrected chi connectivity index (χ1v) is 6.81. The largest absolute Gasteiger partial charge is 0.475 e. The third-order valence-corrected chi connectivity index (χ3v) is 3.23. The minimum atomic E-state index is 0.0173. The highest BCUT2D eigenvalue weighted by molar-refractivity contribution is 6.05. The van der Waals surface area contributed by atoms with Crippen molar-refractivity contribution in [3.8, 4) is 11.8 Å². The topological polar surface area (TPSA) is 91.9 Å². The van der Waals surface area contributed by atoms with Crippen LogP contribution < -0.4 is 15.2 Å². The Kier molecular flexibility index (Phi) is 4.15. The molecule has 22 heavy (non-hydrogen) atoms.